The molecule has 4 aromatic rings. The molecule has 0 radical (unpaired) electrons. The van der Waals surface area contributed by atoms with Crippen molar-refractivity contribution in [1.82, 2.24) is 15.0 Å². The summed E-state index contributed by atoms with van der Waals surface area (Å²) < 4.78 is 33.7. The standard InChI is InChI=1S/C23H23N5O5S/c1-15-7-9-19(27-34(31,32)14-16-5-3-2-4-6-16)23(30)28(15)13-21(29)25-12-17-8-10-20-18(11-17)22(24)26-33-20/h2-11,27H,12-14H2,1H3,(H2,24,26)(H,25,29). The van der Waals surface area contributed by atoms with E-state index in [0.717, 1.165) is 5.56 Å². The van der Waals surface area contributed by atoms with Gasteiger partial charge in [-0.25, -0.2) is 8.42 Å². The van der Waals surface area contributed by atoms with Crippen LogP contribution in [0.2, 0.25) is 0 Å². The van der Waals surface area contributed by atoms with Crippen molar-refractivity contribution in [3.63, 3.8) is 0 Å². The average Bonchev–Trinajstić information content (AvgIpc) is 3.17. The normalized spacial score (nSPS) is 11.4. The van der Waals surface area contributed by atoms with Gasteiger partial charge in [0, 0.05) is 12.2 Å². The molecule has 4 N–H and O–H groups in total. The van der Waals surface area contributed by atoms with Gasteiger partial charge in [0.2, 0.25) is 15.9 Å². The number of rotatable bonds is 8. The molecule has 0 saturated heterocycles. The second-order valence-corrected chi connectivity index (χ2v) is 9.52. The zero-order chi connectivity index (χ0) is 24.3. The molecule has 0 saturated carbocycles. The van der Waals surface area contributed by atoms with Crippen molar-refractivity contribution in [2.24, 2.45) is 0 Å². The number of nitrogens with zero attached hydrogens (tertiary/aromatic N) is 2. The summed E-state index contributed by atoms with van der Waals surface area (Å²) in [4.78, 5) is 25.5. The van der Waals surface area contributed by atoms with Gasteiger partial charge in [-0.3, -0.25) is 14.3 Å². The highest BCUT2D eigenvalue weighted by Crippen LogP contribution is 2.21. The fraction of sp³-hybridized carbons (Fsp3) is 0.174. The fourth-order valence-corrected chi connectivity index (χ4v) is 4.65. The molecule has 0 aliphatic heterocycles. The van der Waals surface area contributed by atoms with Gasteiger partial charge in [0.15, 0.2) is 11.4 Å². The summed E-state index contributed by atoms with van der Waals surface area (Å²) in [5.74, 6) is -0.423. The van der Waals surface area contributed by atoms with E-state index in [1.165, 1.54) is 10.6 Å². The van der Waals surface area contributed by atoms with E-state index in [4.69, 9.17) is 10.3 Å². The molecule has 0 spiro atoms. The minimum absolute atomic E-state index is 0.122. The molecular formula is C23H23N5O5S. The van der Waals surface area contributed by atoms with Crippen LogP contribution in [-0.2, 0) is 33.7 Å². The van der Waals surface area contributed by atoms with Crippen molar-refractivity contribution >= 4 is 38.4 Å². The summed E-state index contributed by atoms with van der Waals surface area (Å²) >= 11 is 0. The van der Waals surface area contributed by atoms with E-state index in [1.54, 1.807) is 61.5 Å². The Morgan fingerprint density at radius 3 is 2.62 bits per heavy atom. The molecule has 1 amide bonds. The fourth-order valence-electron chi connectivity index (χ4n) is 3.46. The third kappa shape index (κ3) is 5.26. The van der Waals surface area contributed by atoms with E-state index in [-0.39, 0.29) is 30.3 Å². The van der Waals surface area contributed by atoms with Crippen molar-refractivity contribution in [3.8, 4) is 0 Å². The van der Waals surface area contributed by atoms with Gasteiger partial charge in [0.25, 0.3) is 5.56 Å². The predicted molar refractivity (Wildman–Crippen MR) is 128 cm³/mol. The number of benzene rings is 2. The first-order valence-corrected chi connectivity index (χ1v) is 12.0. The zero-order valence-corrected chi connectivity index (χ0v) is 19.1. The quantitative estimate of drug-likeness (QED) is 0.349. The minimum Gasteiger partial charge on any atom is -0.380 e. The smallest absolute Gasteiger partial charge is 0.275 e. The van der Waals surface area contributed by atoms with Crippen LogP contribution in [-0.4, -0.2) is 24.0 Å². The number of pyridine rings is 1. The number of nitrogens with one attached hydrogen (secondary N) is 2. The number of hydrogen-bond donors (Lipinski definition) is 3. The number of carbonyl (C=O) groups is 1. The molecule has 2 heterocycles. The van der Waals surface area contributed by atoms with Crippen molar-refractivity contribution < 1.29 is 17.7 Å². The van der Waals surface area contributed by atoms with Gasteiger partial charge >= 0.3 is 0 Å². The Hall–Kier alpha value is -4.12. The number of nitrogen functional groups attached to an aromatic ring is 1. The Morgan fingerprint density at radius 2 is 1.85 bits per heavy atom. The maximum absolute atomic E-state index is 12.9. The first kappa shape index (κ1) is 23.1. The van der Waals surface area contributed by atoms with Crippen LogP contribution in [0.3, 0.4) is 0 Å². The van der Waals surface area contributed by atoms with Crippen LogP contribution in [0.5, 0.6) is 0 Å². The minimum atomic E-state index is -3.82. The molecule has 11 heteroatoms. The molecule has 0 unspecified atom stereocenters. The van der Waals surface area contributed by atoms with Crippen molar-refractivity contribution in [2.75, 3.05) is 10.5 Å². The first-order valence-electron chi connectivity index (χ1n) is 10.4. The highest BCUT2D eigenvalue weighted by molar-refractivity contribution is 7.91. The summed E-state index contributed by atoms with van der Waals surface area (Å²) in [5, 5.41) is 7.09. The van der Waals surface area contributed by atoms with Gasteiger partial charge in [-0.1, -0.05) is 41.6 Å². The van der Waals surface area contributed by atoms with E-state index in [9.17, 15) is 18.0 Å². The van der Waals surface area contributed by atoms with Gasteiger partial charge in [0.05, 0.1) is 11.1 Å². The molecule has 0 aliphatic rings. The third-order valence-corrected chi connectivity index (χ3v) is 6.46. The van der Waals surface area contributed by atoms with Gasteiger partial charge in [-0.2, -0.15) is 0 Å². The summed E-state index contributed by atoms with van der Waals surface area (Å²) in [6.45, 7) is 1.60. The number of nitrogens with two attached hydrogens (primary N) is 1. The Labute approximate surface area is 195 Å². The average molecular weight is 482 g/mol. The lowest BCUT2D eigenvalue weighted by atomic mass is 10.1. The molecule has 176 valence electrons. The maximum Gasteiger partial charge on any atom is 0.275 e. The van der Waals surface area contributed by atoms with Crippen LogP contribution in [0.15, 0.2) is 70.0 Å². The number of sulfonamides is 1. The van der Waals surface area contributed by atoms with Gasteiger partial charge in [0.1, 0.15) is 12.2 Å². The number of anilines is 2. The number of fused-ring (bicyclic) bond motifs is 1. The van der Waals surface area contributed by atoms with Crippen molar-refractivity contribution in [3.05, 3.63) is 87.8 Å². The Kier molecular flexibility index (Phi) is 6.37. The van der Waals surface area contributed by atoms with Gasteiger partial charge in [-0.15, -0.1) is 0 Å². The molecule has 34 heavy (non-hydrogen) atoms. The number of amides is 1. The van der Waals surface area contributed by atoms with E-state index in [1.807, 2.05) is 0 Å². The second-order valence-electron chi connectivity index (χ2n) is 7.80. The van der Waals surface area contributed by atoms with E-state index >= 15 is 0 Å². The molecule has 0 atom stereocenters. The van der Waals surface area contributed by atoms with Crippen LogP contribution in [0.1, 0.15) is 16.8 Å². The van der Waals surface area contributed by atoms with Crippen LogP contribution < -0.4 is 21.3 Å². The molecule has 2 aromatic carbocycles. The zero-order valence-electron chi connectivity index (χ0n) is 18.3. The van der Waals surface area contributed by atoms with E-state index in [0.29, 0.717) is 22.2 Å². The van der Waals surface area contributed by atoms with Gasteiger partial charge in [-0.05, 0) is 42.3 Å². The molecule has 0 aliphatic carbocycles. The van der Waals surface area contributed by atoms with E-state index < -0.39 is 21.5 Å². The lowest BCUT2D eigenvalue weighted by molar-refractivity contribution is -0.121. The topological polar surface area (TPSA) is 149 Å². The predicted octanol–water partition coefficient (Wildman–Crippen LogP) is 2.14. The molecule has 0 bridgehead atoms. The largest absolute Gasteiger partial charge is 0.380 e. The number of aromatic nitrogens is 2. The maximum atomic E-state index is 12.9. The number of hydrogen-bond acceptors (Lipinski definition) is 7. The Balaban J connectivity index is 1.45. The second kappa shape index (κ2) is 9.40. The Morgan fingerprint density at radius 1 is 1.09 bits per heavy atom. The van der Waals surface area contributed by atoms with Crippen LogP contribution in [0.25, 0.3) is 11.0 Å². The summed E-state index contributed by atoms with van der Waals surface area (Å²) in [6, 6.07) is 16.9. The molecule has 0 fully saturated rings. The number of aryl methyl sites for hydroxylation is 1. The van der Waals surface area contributed by atoms with Crippen molar-refractivity contribution in [1.29, 1.82) is 0 Å². The van der Waals surface area contributed by atoms with Gasteiger partial charge < -0.3 is 20.1 Å². The monoisotopic (exact) mass is 481 g/mol. The van der Waals surface area contributed by atoms with Crippen molar-refractivity contribution in [2.45, 2.75) is 25.8 Å². The molecule has 2 aromatic heterocycles. The summed E-state index contributed by atoms with van der Waals surface area (Å²) in [5.41, 5.74) is 7.46. The highest BCUT2D eigenvalue weighted by Gasteiger charge is 2.17. The van der Waals surface area contributed by atoms with E-state index in [2.05, 4.69) is 15.2 Å². The first-order chi connectivity index (χ1) is 16.2. The Bertz CT molecular complexity index is 1510. The van der Waals surface area contributed by atoms with Crippen LogP contribution in [0, 0.1) is 6.92 Å². The summed E-state index contributed by atoms with van der Waals surface area (Å²) in [7, 11) is -3.82. The lowest BCUT2D eigenvalue weighted by Gasteiger charge is -2.14. The highest BCUT2D eigenvalue weighted by atomic mass is 32.2. The molecule has 10 nitrogen and oxygen atoms in total. The SMILES string of the molecule is Cc1ccc(NS(=O)(=O)Cc2ccccc2)c(=O)n1CC(=O)NCc1ccc2onc(N)c2c1. The van der Waals surface area contributed by atoms with Crippen LogP contribution >= 0.6 is 0 Å². The molecular weight excluding hydrogens is 458 g/mol. The van der Waals surface area contributed by atoms with Crippen LogP contribution in [0.4, 0.5) is 11.5 Å². The lowest BCUT2D eigenvalue weighted by Crippen LogP contribution is -2.34. The third-order valence-electron chi connectivity index (χ3n) is 5.21. The molecule has 4 rings (SSSR count). The summed E-state index contributed by atoms with van der Waals surface area (Å²) in [6.07, 6.45) is 0. The number of carbonyl (C=O) groups excluding carboxylic acids is 1.